The summed E-state index contributed by atoms with van der Waals surface area (Å²) in [6.45, 7) is 3.41. The lowest BCUT2D eigenvalue weighted by Gasteiger charge is -2.14. The molecule has 0 aliphatic rings. The predicted octanol–water partition coefficient (Wildman–Crippen LogP) is 3.86. The fraction of sp³-hybridized carbons (Fsp3) is 0.167. The van der Waals surface area contributed by atoms with E-state index in [1.807, 2.05) is 0 Å². The Morgan fingerprint density at radius 1 is 1.20 bits per heavy atom. The summed E-state index contributed by atoms with van der Waals surface area (Å²) in [7, 11) is 0. The Hall–Kier alpha value is -2.73. The molecule has 1 atom stereocenters. The molecule has 128 valence electrons. The second-order valence-corrected chi connectivity index (χ2v) is 6.06. The molecule has 0 saturated heterocycles. The summed E-state index contributed by atoms with van der Waals surface area (Å²) in [5.41, 5.74) is 1.72. The highest BCUT2D eigenvalue weighted by Gasteiger charge is 2.20. The Balaban J connectivity index is 1.82. The molecule has 7 heteroatoms. The second kappa shape index (κ2) is 7.03. The largest absolute Gasteiger partial charge is 0.344 e. The van der Waals surface area contributed by atoms with Gasteiger partial charge in [-0.2, -0.15) is 9.90 Å². The van der Waals surface area contributed by atoms with Crippen LogP contribution in [0.1, 0.15) is 34.7 Å². The summed E-state index contributed by atoms with van der Waals surface area (Å²) < 4.78 is 13.8. The van der Waals surface area contributed by atoms with Crippen molar-refractivity contribution in [3.8, 4) is 5.69 Å². The number of hydrogen-bond acceptors (Lipinski definition) is 3. The molecule has 0 bridgehead atoms. The smallest absolute Gasteiger partial charge is 0.274 e. The van der Waals surface area contributed by atoms with Gasteiger partial charge in [0.05, 0.1) is 17.4 Å². The van der Waals surface area contributed by atoms with Crippen molar-refractivity contribution in [1.29, 1.82) is 0 Å². The molecule has 0 saturated carbocycles. The lowest BCUT2D eigenvalue weighted by atomic mass is 10.1. The van der Waals surface area contributed by atoms with E-state index in [0.29, 0.717) is 22.0 Å². The molecular weight excluding hydrogens is 343 g/mol. The Kier molecular flexibility index (Phi) is 4.81. The molecule has 25 heavy (non-hydrogen) atoms. The van der Waals surface area contributed by atoms with E-state index in [-0.39, 0.29) is 11.5 Å². The summed E-state index contributed by atoms with van der Waals surface area (Å²) in [5, 5.41) is 11.8. The van der Waals surface area contributed by atoms with Crippen LogP contribution in [0, 0.1) is 12.7 Å². The number of amides is 1. The minimum atomic E-state index is -0.496. The molecule has 0 spiro atoms. The van der Waals surface area contributed by atoms with Crippen molar-refractivity contribution in [3.05, 3.63) is 76.3 Å². The Morgan fingerprint density at radius 3 is 2.68 bits per heavy atom. The quantitative estimate of drug-likeness (QED) is 0.770. The molecule has 0 radical (unpaired) electrons. The number of halogens is 2. The van der Waals surface area contributed by atoms with Gasteiger partial charge < -0.3 is 5.32 Å². The molecular formula is C18H16ClFN4O. The number of nitrogens with zero attached hydrogens (tertiary/aromatic N) is 3. The van der Waals surface area contributed by atoms with Crippen LogP contribution in [0.4, 0.5) is 4.39 Å². The number of aromatic nitrogens is 3. The van der Waals surface area contributed by atoms with Crippen LogP contribution in [-0.2, 0) is 0 Å². The van der Waals surface area contributed by atoms with Gasteiger partial charge in [-0.15, -0.1) is 5.10 Å². The van der Waals surface area contributed by atoms with Crippen LogP contribution in [0.5, 0.6) is 0 Å². The molecule has 1 heterocycles. The summed E-state index contributed by atoms with van der Waals surface area (Å²) >= 11 is 5.97. The van der Waals surface area contributed by atoms with Gasteiger partial charge in [0.1, 0.15) is 5.82 Å². The maximum atomic E-state index is 13.8. The van der Waals surface area contributed by atoms with E-state index in [1.54, 1.807) is 56.3 Å². The van der Waals surface area contributed by atoms with Crippen molar-refractivity contribution in [2.45, 2.75) is 19.9 Å². The molecule has 2 aromatic carbocycles. The number of aryl methyl sites for hydroxylation is 1. The molecule has 1 aromatic heterocycles. The van der Waals surface area contributed by atoms with E-state index in [1.165, 1.54) is 10.9 Å². The van der Waals surface area contributed by atoms with Gasteiger partial charge in [0.2, 0.25) is 0 Å². The molecule has 1 amide bonds. The van der Waals surface area contributed by atoms with Gasteiger partial charge >= 0.3 is 0 Å². The van der Waals surface area contributed by atoms with Crippen molar-refractivity contribution in [2.24, 2.45) is 0 Å². The maximum absolute atomic E-state index is 13.8. The molecule has 0 aliphatic carbocycles. The van der Waals surface area contributed by atoms with E-state index in [4.69, 9.17) is 11.6 Å². The average molecular weight is 359 g/mol. The minimum absolute atomic E-state index is 0.183. The van der Waals surface area contributed by atoms with E-state index >= 15 is 0 Å². The predicted molar refractivity (Wildman–Crippen MR) is 93.4 cm³/mol. The zero-order valence-electron chi connectivity index (χ0n) is 13.7. The zero-order valence-corrected chi connectivity index (χ0v) is 14.5. The van der Waals surface area contributed by atoms with Crippen LogP contribution in [0.2, 0.25) is 5.02 Å². The van der Waals surface area contributed by atoms with Crippen LogP contribution in [0.3, 0.4) is 0 Å². The Bertz CT molecular complexity index is 925. The van der Waals surface area contributed by atoms with Crippen LogP contribution in [0.25, 0.3) is 5.69 Å². The lowest BCUT2D eigenvalue weighted by molar-refractivity contribution is 0.0933. The van der Waals surface area contributed by atoms with Gasteiger partial charge in [0, 0.05) is 10.6 Å². The van der Waals surface area contributed by atoms with Gasteiger partial charge in [-0.25, -0.2) is 4.39 Å². The monoisotopic (exact) mass is 358 g/mol. The van der Waals surface area contributed by atoms with Crippen molar-refractivity contribution in [1.82, 2.24) is 20.3 Å². The second-order valence-electron chi connectivity index (χ2n) is 5.62. The number of rotatable bonds is 4. The van der Waals surface area contributed by atoms with E-state index in [2.05, 4.69) is 15.5 Å². The highest BCUT2D eigenvalue weighted by atomic mass is 35.5. The first-order valence-electron chi connectivity index (χ1n) is 7.71. The number of hydrogen-bond donors (Lipinski definition) is 1. The van der Waals surface area contributed by atoms with E-state index < -0.39 is 11.9 Å². The van der Waals surface area contributed by atoms with Gasteiger partial charge in [-0.3, -0.25) is 4.79 Å². The van der Waals surface area contributed by atoms with Crippen molar-refractivity contribution >= 4 is 17.5 Å². The molecule has 3 aromatic rings. The van der Waals surface area contributed by atoms with Crippen molar-refractivity contribution in [2.75, 3.05) is 0 Å². The third-order valence-corrected chi connectivity index (χ3v) is 3.99. The van der Waals surface area contributed by atoms with Gasteiger partial charge in [-0.1, -0.05) is 35.9 Å². The highest BCUT2D eigenvalue weighted by Crippen LogP contribution is 2.18. The minimum Gasteiger partial charge on any atom is -0.344 e. The average Bonchev–Trinajstić information content (AvgIpc) is 2.97. The summed E-state index contributed by atoms with van der Waals surface area (Å²) in [5.74, 6) is -0.781. The number of nitrogens with one attached hydrogen (secondary N) is 1. The molecule has 0 fully saturated rings. The summed E-state index contributed by atoms with van der Waals surface area (Å²) in [6, 6.07) is 12.8. The SMILES string of the molecule is Cc1nn(-c2cccc(Cl)c2)nc1C(=O)NC(C)c1ccccc1F. The fourth-order valence-electron chi connectivity index (χ4n) is 2.47. The highest BCUT2D eigenvalue weighted by molar-refractivity contribution is 6.30. The van der Waals surface area contributed by atoms with E-state index in [0.717, 1.165) is 0 Å². The standard InChI is InChI=1S/C18H16ClFN4O/c1-11(15-8-3-4-9-16(15)20)21-18(25)17-12(2)22-24(23-17)14-7-5-6-13(19)10-14/h3-11H,1-2H3,(H,21,25). The summed E-state index contributed by atoms with van der Waals surface area (Å²) in [6.07, 6.45) is 0. The lowest BCUT2D eigenvalue weighted by Crippen LogP contribution is -2.28. The first-order chi connectivity index (χ1) is 12.0. The first-order valence-corrected chi connectivity index (χ1v) is 8.08. The van der Waals surface area contributed by atoms with Crippen LogP contribution >= 0.6 is 11.6 Å². The topological polar surface area (TPSA) is 59.8 Å². The fourth-order valence-corrected chi connectivity index (χ4v) is 2.66. The Morgan fingerprint density at radius 2 is 1.96 bits per heavy atom. The van der Waals surface area contributed by atoms with Gasteiger partial charge in [-0.05, 0) is 38.1 Å². The summed E-state index contributed by atoms with van der Waals surface area (Å²) in [4.78, 5) is 13.8. The Labute approximate surface area is 149 Å². The zero-order chi connectivity index (χ0) is 18.0. The first kappa shape index (κ1) is 17.1. The number of benzene rings is 2. The molecule has 3 rings (SSSR count). The third-order valence-electron chi connectivity index (χ3n) is 3.76. The normalized spacial score (nSPS) is 12.0. The van der Waals surface area contributed by atoms with E-state index in [9.17, 15) is 9.18 Å². The van der Waals surface area contributed by atoms with Crippen LogP contribution < -0.4 is 5.32 Å². The maximum Gasteiger partial charge on any atom is 0.274 e. The third kappa shape index (κ3) is 3.69. The van der Waals surface area contributed by atoms with Crippen molar-refractivity contribution in [3.63, 3.8) is 0 Å². The number of carbonyl (C=O) groups excluding carboxylic acids is 1. The van der Waals surface area contributed by atoms with Gasteiger partial charge in [0.15, 0.2) is 5.69 Å². The van der Waals surface area contributed by atoms with Gasteiger partial charge in [0.25, 0.3) is 5.91 Å². The van der Waals surface area contributed by atoms with Crippen LogP contribution in [0.15, 0.2) is 48.5 Å². The molecule has 5 nitrogen and oxygen atoms in total. The molecule has 0 aliphatic heterocycles. The van der Waals surface area contributed by atoms with Crippen LogP contribution in [-0.4, -0.2) is 20.9 Å². The molecule has 1 N–H and O–H groups in total. The number of carbonyl (C=O) groups is 1. The molecule has 1 unspecified atom stereocenters. The van der Waals surface area contributed by atoms with Crippen molar-refractivity contribution < 1.29 is 9.18 Å².